The molecule has 23 heavy (non-hydrogen) atoms. The first kappa shape index (κ1) is 17.5. The third kappa shape index (κ3) is 4.10. The maximum absolute atomic E-state index is 12.8. The molecule has 2 rings (SSSR count). The van der Waals surface area contributed by atoms with Gasteiger partial charge in [-0.15, -0.1) is 0 Å². The minimum Gasteiger partial charge on any atom is -0.394 e. The summed E-state index contributed by atoms with van der Waals surface area (Å²) in [6, 6.07) is 6.67. The van der Waals surface area contributed by atoms with Crippen molar-refractivity contribution in [3.05, 3.63) is 35.4 Å². The van der Waals surface area contributed by atoms with E-state index in [1.54, 1.807) is 29.2 Å². The van der Waals surface area contributed by atoms with Crippen LogP contribution in [0.1, 0.15) is 53.8 Å². The lowest BCUT2D eigenvalue weighted by Gasteiger charge is -2.39. The predicted octanol–water partition coefficient (Wildman–Crippen LogP) is 2.06. The molecule has 2 unspecified atom stereocenters. The van der Waals surface area contributed by atoms with Crippen molar-refractivity contribution in [2.24, 2.45) is 5.92 Å². The lowest BCUT2D eigenvalue weighted by Crippen LogP contribution is -2.49. The molecular weight excluding hydrogens is 292 g/mol. The molecule has 2 atom stereocenters. The topological polar surface area (TPSA) is 69.6 Å². The highest BCUT2D eigenvalue weighted by Gasteiger charge is 2.31. The van der Waals surface area contributed by atoms with Gasteiger partial charge in [0.25, 0.3) is 11.8 Å². The summed E-state index contributed by atoms with van der Waals surface area (Å²) in [5.41, 5.74) is 0.997. The quantitative estimate of drug-likeness (QED) is 0.873. The number of carbonyl (C=O) groups is 2. The fraction of sp³-hybridized carbons (Fsp3) is 0.556. The summed E-state index contributed by atoms with van der Waals surface area (Å²) in [5, 5.41) is 12.4. The zero-order valence-electron chi connectivity index (χ0n) is 13.9. The van der Waals surface area contributed by atoms with E-state index in [0.29, 0.717) is 24.2 Å². The molecule has 0 bridgehead atoms. The number of amides is 2. The van der Waals surface area contributed by atoms with Gasteiger partial charge in [-0.2, -0.15) is 0 Å². The zero-order chi connectivity index (χ0) is 16.8. The molecule has 5 heteroatoms. The number of nitrogens with zero attached hydrogens (tertiary/aromatic N) is 1. The summed E-state index contributed by atoms with van der Waals surface area (Å²) >= 11 is 0. The molecule has 2 N–H and O–H groups in total. The summed E-state index contributed by atoms with van der Waals surface area (Å²) in [6.07, 6.45) is 2.84. The normalized spacial score (nSPS) is 21.1. The first-order valence-corrected chi connectivity index (χ1v) is 8.38. The van der Waals surface area contributed by atoms with Gasteiger partial charge >= 0.3 is 0 Å². The van der Waals surface area contributed by atoms with Gasteiger partial charge in [-0.3, -0.25) is 9.59 Å². The van der Waals surface area contributed by atoms with Gasteiger partial charge in [-0.25, -0.2) is 0 Å². The molecule has 1 fully saturated rings. The van der Waals surface area contributed by atoms with Crippen molar-refractivity contribution >= 4 is 11.8 Å². The average Bonchev–Trinajstić information content (AvgIpc) is 2.58. The van der Waals surface area contributed by atoms with E-state index in [2.05, 4.69) is 12.2 Å². The first-order chi connectivity index (χ1) is 11.1. The Labute approximate surface area is 137 Å². The van der Waals surface area contributed by atoms with Crippen LogP contribution in [0.25, 0.3) is 0 Å². The second-order valence-electron chi connectivity index (χ2n) is 6.20. The Morgan fingerprint density at radius 3 is 2.78 bits per heavy atom. The van der Waals surface area contributed by atoms with Crippen molar-refractivity contribution in [3.63, 3.8) is 0 Å². The van der Waals surface area contributed by atoms with Crippen LogP contribution in [0.2, 0.25) is 0 Å². The fourth-order valence-corrected chi connectivity index (χ4v) is 3.08. The average molecular weight is 318 g/mol. The highest BCUT2D eigenvalue weighted by molar-refractivity contribution is 5.99. The van der Waals surface area contributed by atoms with E-state index in [4.69, 9.17) is 0 Å². The van der Waals surface area contributed by atoms with Crippen LogP contribution in [-0.2, 0) is 0 Å². The molecule has 1 saturated heterocycles. The largest absolute Gasteiger partial charge is 0.394 e. The Kier molecular flexibility index (Phi) is 6.16. The smallest absolute Gasteiger partial charge is 0.254 e. The van der Waals surface area contributed by atoms with E-state index in [0.717, 1.165) is 19.3 Å². The van der Waals surface area contributed by atoms with E-state index >= 15 is 0 Å². The van der Waals surface area contributed by atoms with Crippen molar-refractivity contribution in [2.45, 2.75) is 39.2 Å². The second-order valence-corrected chi connectivity index (χ2v) is 6.20. The second kappa shape index (κ2) is 8.11. The van der Waals surface area contributed by atoms with Crippen molar-refractivity contribution in [3.8, 4) is 0 Å². The summed E-state index contributed by atoms with van der Waals surface area (Å²) in [6.45, 7) is 5.30. The molecule has 126 valence electrons. The molecule has 0 aliphatic carbocycles. The fourth-order valence-electron chi connectivity index (χ4n) is 3.08. The van der Waals surface area contributed by atoms with Gasteiger partial charge in [0.2, 0.25) is 0 Å². The molecule has 0 saturated carbocycles. The number of benzene rings is 1. The lowest BCUT2D eigenvalue weighted by atomic mass is 9.90. The SMILES string of the molecule is CCCNC(=O)c1cccc(C(=O)N2CCCC(C)C2CO)c1. The molecule has 2 amide bonds. The molecule has 1 heterocycles. The third-order valence-electron chi connectivity index (χ3n) is 4.47. The van der Waals surface area contributed by atoms with Gasteiger partial charge in [-0.1, -0.05) is 19.9 Å². The molecular formula is C18H26N2O3. The van der Waals surface area contributed by atoms with Crippen molar-refractivity contribution in [2.75, 3.05) is 19.7 Å². The monoisotopic (exact) mass is 318 g/mol. The van der Waals surface area contributed by atoms with E-state index in [1.807, 2.05) is 6.92 Å². The Bertz CT molecular complexity index is 559. The Balaban J connectivity index is 2.17. The number of nitrogens with one attached hydrogen (secondary N) is 1. The number of hydrogen-bond acceptors (Lipinski definition) is 3. The van der Waals surface area contributed by atoms with Crippen LogP contribution >= 0.6 is 0 Å². The number of hydrogen-bond donors (Lipinski definition) is 2. The highest BCUT2D eigenvalue weighted by Crippen LogP contribution is 2.24. The number of likely N-dealkylation sites (tertiary alicyclic amines) is 1. The molecule has 1 aliphatic heterocycles. The molecule has 0 aromatic heterocycles. The lowest BCUT2D eigenvalue weighted by molar-refractivity contribution is 0.0358. The van der Waals surface area contributed by atoms with Crippen LogP contribution in [0.3, 0.4) is 0 Å². The predicted molar refractivity (Wildman–Crippen MR) is 89.4 cm³/mol. The minimum absolute atomic E-state index is 0.0242. The third-order valence-corrected chi connectivity index (χ3v) is 4.47. The molecule has 1 aliphatic rings. The zero-order valence-corrected chi connectivity index (χ0v) is 13.9. The number of rotatable bonds is 5. The van der Waals surface area contributed by atoms with E-state index in [1.165, 1.54) is 0 Å². The van der Waals surface area contributed by atoms with Gasteiger partial charge in [0.1, 0.15) is 0 Å². The first-order valence-electron chi connectivity index (χ1n) is 8.38. The van der Waals surface area contributed by atoms with E-state index in [-0.39, 0.29) is 30.4 Å². The maximum atomic E-state index is 12.8. The number of piperidine rings is 1. The molecule has 0 radical (unpaired) electrons. The summed E-state index contributed by atoms with van der Waals surface area (Å²) in [7, 11) is 0. The summed E-state index contributed by atoms with van der Waals surface area (Å²) in [4.78, 5) is 26.6. The molecule has 1 aromatic carbocycles. The van der Waals surface area contributed by atoms with Crippen LogP contribution in [-0.4, -0.2) is 47.6 Å². The van der Waals surface area contributed by atoms with Crippen molar-refractivity contribution < 1.29 is 14.7 Å². The molecule has 5 nitrogen and oxygen atoms in total. The van der Waals surface area contributed by atoms with E-state index < -0.39 is 0 Å². The number of aliphatic hydroxyl groups excluding tert-OH is 1. The Morgan fingerprint density at radius 1 is 1.35 bits per heavy atom. The number of carbonyl (C=O) groups excluding carboxylic acids is 2. The van der Waals surface area contributed by atoms with Gasteiger partial charge < -0.3 is 15.3 Å². The summed E-state index contributed by atoms with van der Waals surface area (Å²) in [5.74, 6) is 0.0155. The van der Waals surface area contributed by atoms with Crippen LogP contribution < -0.4 is 5.32 Å². The van der Waals surface area contributed by atoms with Crippen LogP contribution in [0.5, 0.6) is 0 Å². The molecule has 0 spiro atoms. The maximum Gasteiger partial charge on any atom is 0.254 e. The van der Waals surface area contributed by atoms with Gasteiger partial charge in [0, 0.05) is 24.2 Å². The number of aliphatic hydroxyl groups is 1. The minimum atomic E-state index is -0.160. The molecule has 1 aromatic rings. The van der Waals surface area contributed by atoms with Crippen LogP contribution in [0.4, 0.5) is 0 Å². The van der Waals surface area contributed by atoms with Gasteiger partial charge in [-0.05, 0) is 43.4 Å². The Hall–Kier alpha value is -1.88. The highest BCUT2D eigenvalue weighted by atomic mass is 16.3. The summed E-state index contributed by atoms with van der Waals surface area (Å²) < 4.78 is 0. The van der Waals surface area contributed by atoms with Gasteiger partial charge in [0.05, 0.1) is 12.6 Å². The van der Waals surface area contributed by atoms with Crippen LogP contribution in [0, 0.1) is 5.92 Å². The van der Waals surface area contributed by atoms with Gasteiger partial charge in [0.15, 0.2) is 0 Å². The van der Waals surface area contributed by atoms with Crippen molar-refractivity contribution in [1.29, 1.82) is 0 Å². The Morgan fingerprint density at radius 2 is 2.09 bits per heavy atom. The van der Waals surface area contributed by atoms with E-state index in [9.17, 15) is 14.7 Å². The van der Waals surface area contributed by atoms with Crippen LogP contribution in [0.15, 0.2) is 24.3 Å². The standard InChI is InChI=1S/C18H26N2O3/c1-3-9-19-17(22)14-7-4-8-15(11-14)18(23)20-10-5-6-13(2)16(20)12-21/h4,7-8,11,13,16,21H,3,5-6,9-10,12H2,1-2H3,(H,19,22). The van der Waals surface area contributed by atoms with Crippen molar-refractivity contribution in [1.82, 2.24) is 10.2 Å².